The molecule has 16 heavy (non-hydrogen) atoms. The van der Waals surface area contributed by atoms with Crippen LogP contribution < -0.4 is 5.73 Å². The van der Waals surface area contributed by atoms with Gasteiger partial charge in [-0.1, -0.05) is 15.9 Å². The third kappa shape index (κ3) is 1.82. The number of rotatable bonds is 1. The maximum atomic E-state index is 12.7. The first kappa shape index (κ1) is 11.5. The Morgan fingerprint density at radius 2 is 2.00 bits per heavy atom. The van der Waals surface area contributed by atoms with Crippen molar-refractivity contribution in [2.75, 3.05) is 0 Å². The number of fused-ring (bicyclic) bond motifs is 1. The average molecular weight is 293 g/mol. The molecular formula is C10H8BrF3N2. The highest BCUT2D eigenvalue weighted by Gasteiger charge is 2.35. The minimum Gasteiger partial charge on any atom is -0.351 e. The number of H-pyrrole nitrogens is 1. The molecule has 6 heteroatoms. The van der Waals surface area contributed by atoms with Crippen molar-refractivity contribution >= 4 is 26.8 Å². The number of hydrogen-bond acceptors (Lipinski definition) is 1. The van der Waals surface area contributed by atoms with Crippen LogP contribution in [0.2, 0.25) is 0 Å². The standard InChI is InChI=1S/C10H8BrF3N2/c11-5-1-2-8-6(3-5)7(4-15)9(16-8)10(12,13)14/h1-3,16H,4,15H2. The second kappa shape index (κ2) is 3.78. The molecular weight excluding hydrogens is 285 g/mol. The second-order valence-electron chi connectivity index (χ2n) is 3.37. The number of hydrogen-bond donors (Lipinski definition) is 2. The molecule has 1 aromatic heterocycles. The van der Waals surface area contributed by atoms with Gasteiger partial charge in [0, 0.05) is 27.5 Å². The van der Waals surface area contributed by atoms with Gasteiger partial charge in [-0.2, -0.15) is 13.2 Å². The summed E-state index contributed by atoms with van der Waals surface area (Å²) >= 11 is 3.22. The highest BCUT2D eigenvalue weighted by molar-refractivity contribution is 9.10. The van der Waals surface area contributed by atoms with Crippen molar-refractivity contribution in [3.63, 3.8) is 0 Å². The predicted molar refractivity (Wildman–Crippen MR) is 58.9 cm³/mol. The number of aromatic nitrogens is 1. The fourth-order valence-electron chi connectivity index (χ4n) is 1.67. The van der Waals surface area contributed by atoms with Crippen LogP contribution in [0.1, 0.15) is 11.3 Å². The van der Waals surface area contributed by atoms with Crippen molar-refractivity contribution < 1.29 is 13.2 Å². The van der Waals surface area contributed by atoms with Crippen LogP contribution in [0.5, 0.6) is 0 Å². The molecule has 1 heterocycles. The summed E-state index contributed by atoms with van der Waals surface area (Å²) in [5, 5.41) is 0.504. The van der Waals surface area contributed by atoms with E-state index in [1.165, 1.54) is 0 Å². The maximum absolute atomic E-state index is 12.7. The highest BCUT2D eigenvalue weighted by Crippen LogP contribution is 2.35. The lowest BCUT2D eigenvalue weighted by Gasteiger charge is -2.06. The zero-order valence-electron chi connectivity index (χ0n) is 8.03. The Bertz CT molecular complexity index is 531. The lowest BCUT2D eigenvalue weighted by molar-refractivity contribution is -0.141. The summed E-state index contributed by atoms with van der Waals surface area (Å²) in [7, 11) is 0. The van der Waals surface area contributed by atoms with E-state index in [0.29, 0.717) is 10.9 Å². The van der Waals surface area contributed by atoms with Gasteiger partial charge in [0.2, 0.25) is 0 Å². The maximum Gasteiger partial charge on any atom is 0.431 e. The van der Waals surface area contributed by atoms with E-state index in [4.69, 9.17) is 5.73 Å². The number of benzene rings is 1. The van der Waals surface area contributed by atoms with E-state index in [1.54, 1.807) is 18.2 Å². The van der Waals surface area contributed by atoms with Gasteiger partial charge in [-0.3, -0.25) is 0 Å². The molecule has 2 rings (SSSR count). The van der Waals surface area contributed by atoms with Crippen molar-refractivity contribution in [1.82, 2.24) is 4.98 Å². The number of alkyl halides is 3. The minimum absolute atomic E-state index is 0.101. The first-order valence-electron chi connectivity index (χ1n) is 4.51. The zero-order chi connectivity index (χ0) is 11.9. The molecule has 3 N–H and O–H groups in total. The summed E-state index contributed by atoms with van der Waals surface area (Å²) in [6, 6.07) is 4.90. The van der Waals surface area contributed by atoms with Gasteiger partial charge >= 0.3 is 6.18 Å². The molecule has 0 saturated heterocycles. The Kier molecular flexibility index (Phi) is 2.71. The van der Waals surface area contributed by atoms with Gasteiger partial charge in [0.05, 0.1) is 0 Å². The van der Waals surface area contributed by atoms with Crippen LogP contribution >= 0.6 is 15.9 Å². The lowest BCUT2D eigenvalue weighted by atomic mass is 10.1. The van der Waals surface area contributed by atoms with Crippen LogP contribution in [-0.4, -0.2) is 4.98 Å². The summed E-state index contributed by atoms with van der Waals surface area (Å²) in [5.74, 6) is 0. The normalized spacial score (nSPS) is 12.3. The first-order valence-corrected chi connectivity index (χ1v) is 5.30. The van der Waals surface area contributed by atoms with E-state index >= 15 is 0 Å². The Hall–Kier alpha value is -1.01. The van der Waals surface area contributed by atoms with Gasteiger partial charge in [0.1, 0.15) is 5.69 Å². The largest absolute Gasteiger partial charge is 0.431 e. The van der Waals surface area contributed by atoms with Crippen molar-refractivity contribution in [2.24, 2.45) is 5.73 Å². The zero-order valence-corrected chi connectivity index (χ0v) is 9.61. The summed E-state index contributed by atoms with van der Waals surface area (Å²) < 4.78 is 38.8. The molecule has 0 fully saturated rings. The molecule has 86 valence electrons. The number of nitrogens with two attached hydrogens (primary N) is 1. The molecule has 0 atom stereocenters. The molecule has 0 saturated carbocycles. The third-order valence-electron chi connectivity index (χ3n) is 2.36. The molecule has 0 aliphatic carbocycles. The quantitative estimate of drug-likeness (QED) is 0.831. The minimum atomic E-state index is -4.40. The van der Waals surface area contributed by atoms with Crippen LogP contribution in [0.3, 0.4) is 0 Å². The molecule has 0 aliphatic rings. The molecule has 0 aliphatic heterocycles. The van der Waals surface area contributed by atoms with Gasteiger partial charge in [-0.25, -0.2) is 0 Å². The monoisotopic (exact) mass is 292 g/mol. The van der Waals surface area contributed by atoms with Crippen molar-refractivity contribution in [3.05, 3.63) is 33.9 Å². The van der Waals surface area contributed by atoms with Crippen molar-refractivity contribution in [1.29, 1.82) is 0 Å². The van der Waals surface area contributed by atoms with Gasteiger partial charge in [0.25, 0.3) is 0 Å². The summed E-state index contributed by atoms with van der Waals surface area (Å²) in [6.07, 6.45) is -4.40. The molecule has 2 aromatic rings. The molecule has 0 spiro atoms. The summed E-state index contributed by atoms with van der Waals surface area (Å²) in [6.45, 7) is -0.148. The Labute approximate surface area is 97.8 Å². The molecule has 0 unspecified atom stereocenters. The van der Waals surface area contributed by atoms with Gasteiger partial charge in [-0.05, 0) is 18.2 Å². The summed E-state index contributed by atoms with van der Waals surface area (Å²) in [5.41, 5.74) is 5.15. The number of halogens is 4. The van der Waals surface area contributed by atoms with Gasteiger partial charge in [-0.15, -0.1) is 0 Å². The third-order valence-corrected chi connectivity index (χ3v) is 2.85. The van der Waals surface area contributed by atoms with Crippen molar-refractivity contribution in [2.45, 2.75) is 12.7 Å². The van der Waals surface area contributed by atoms with E-state index in [2.05, 4.69) is 20.9 Å². The van der Waals surface area contributed by atoms with Crippen LogP contribution in [0.4, 0.5) is 13.2 Å². The van der Waals surface area contributed by atoms with E-state index in [1.807, 2.05) is 0 Å². The molecule has 2 nitrogen and oxygen atoms in total. The SMILES string of the molecule is NCc1c(C(F)(F)F)[nH]c2ccc(Br)cc12. The van der Waals surface area contributed by atoms with E-state index in [-0.39, 0.29) is 12.1 Å². The lowest BCUT2D eigenvalue weighted by Crippen LogP contribution is -2.11. The van der Waals surface area contributed by atoms with Crippen LogP contribution in [0.15, 0.2) is 22.7 Å². The Morgan fingerprint density at radius 1 is 1.31 bits per heavy atom. The van der Waals surface area contributed by atoms with E-state index < -0.39 is 11.9 Å². The van der Waals surface area contributed by atoms with Crippen LogP contribution in [0, 0.1) is 0 Å². The molecule has 0 amide bonds. The Balaban J connectivity index is 2.77. The fourth-order valence-corrected chi connectivity index (χ4v) is 2.03. The smallest absolute Gasteiger partial charge is 0.351 e. The van der Waals surface area contributed by atoms with Gasteiger partial charge in [0.15, 0.2) is 0 Å². The van der Waals surface area contributed by atoms with Gasteiger partial charge < -0.3 is 10.7 Å². The highest BCUT2D eigenvalue weighted by atomic mass is 79.9. The van der Waals surface area contributed by atoms with Crippen LogP contribution in [-0.2, 0) is 12.7 Å². The van der Waals surface area contributed by atoms with E-state index in [9.17, 15) is 13.2 Å². The predicted octanol–water partition coefficient (Wildman–Crippen LogP) is 3.41. The Morgan fingerprint density at radius 3 is 2.56 bits per heavy atom. The topological polar surface area (TPSA) is 41.8 Å². The fraction of sp³-hybridized carbons (Fsp3) is 0.200. The summed E-state index contributed by atoms with van der Waals surface area (Å²) in [4.78, 5) is 2.36. The van der Waals surface area contributed by atoms with E-state index in [0.717, 1.165) is 4.47 Å². The number of nitrogens with one attached hydrogen (secondary N) is 1. The molecule has 1 aromatic carbocycles. The average Bonchev–Trinajstić information content (AvgIpc) is 2.54. The molecule has 0 bridgehead atoms. The molecule has 0 radical (unpaired) electrons. The number of aromatic amines is 1. The second-order valence-corrected chi connectivity index (χ2v) is 4.29. The van der Waals surface area contributed by atoms with Crippen molar-refractivity contribution in [3.8, 4) is 0 Å². The van der Waals surface area contributed by atoms with Crippen LogP contribution in [0.25, 0.3) is 10.9 Å². The first-order chi connectivity index (χ1) is 7.43.